The first kappa shape index (κ1) is 9.76. The van der Waals surface area contributed by atoms with Crippen LogP contribution in [0, 0.1) is 0 Å². The van der Waals surface area contributed by atoms with Crippen LogP contribution in [0.1, 0.15) is 0 Å². The van der Waals surface area contributed by atoms with E-state index in [1.54, 1.807) is 0 Å². The van der Waals surface area contributed by atoms with Crippen LogP contribution >= 0.6 is 0 Å². The van der Waals surface area contributed by atoms with E-state index in [4.69, 9.17) is 10.2 Å². The van der Waals surface area contributed by atoms with Gasteiger partial charge in [0.25, 0.3) is 0 Å². The van der Waals surface area contributed by atoms with Crippen LogP contribution in [-0.2, 0) is 0 Å². The molecule has 0 fully saturated rings. The van der Waals surface area contributed by atoms with Gasteiger partial charge in [-0.1, -0.05) is 0 Å². The third kappa shape index (κ3) is 28.8. The summed E-state index contributed by atoms with van der Waals surface area (Å²) in [5, 5.41) is 0. The fourth-order valence-electron chi connectivity index (χ4n) is 0. The average molecular weight is 288 g/mol. The minimum absolute atomic E-state index is 0. The van der Waals surface area contributed by atoms with Gasteiger partial charge in [-0.05, 0) is 0 Å². The summed E-state index contributed by atoms with van der Waals surface area (Å²) in [4.78, 5) is 0. The molecular weight excluding hydrogens is 285 g/mol. The first-order valence-electron chi connectivity index (χ1n) is 0.600. The van der Waals surface area contributed by atoms with Crippen molar-refractivity contribution in [2.24, 2.45) is 0 Å². The molecule has 3 radical (unpaired) electrons. The molecule has 0 bridgehead atoms. The Morgan fingerprint density at radius 2 is 1.00 bits per heavy atom. The van der Waals surface area contributed by atoms with Crippen LogP contribution in [0.2, 0.25) is 0 Å². The van der Waals surface area contributed by atoms with Crippen LogP contribution < -0.4 is 0 Å². The van der Waals surface area contributed by atoms with Crippen molar-refractivity contribution in [3.05, 3.63) is 0 Å². The van der Waals surface area contributed by atoms with Crippen LogP contribution in [0.3, 0.4) is 0 Å². The van der Waals surface area contributed by atoms with Crippen molar-refractivity contribution >= 4 is 47.3 Å². The van der Waals surface area contributed by atoms with E-state index in [9.17, 15) is 0 Å². The third-order valence-electron chi connectivity index (χ3n) is 0. The molecule has 0 spiro atoms. The summed E-state index contributed by atoms with van der Waals surface area (Å²) in [5.41, 5.74) is 0. The Morgan fingerprint density at radius 3 is 1.00 bits per heavy atom. The Bertz CT molecular complexity index is 11.6. The molecule has 0 atom stereocenters. The molecule has 0 saturated heterocycles. The van der Waals surface area contributed by atoms with Gasteiger partial charge in [-0.3, -0.25) is 0 Å². The number of hydrogen-bond donors (Lipinski definition) is 3. The monoisotopic (exact) mass is 287 g/mol. The molecule has 3 nitrogen and oxygen atoms in total. The predicted octanol–water partition coefficient (Wildman–Crippen LogP) is -2.43. The Hall–Kier alpha value is 1.57. The summed E-state index contributed by atoms with van der Waals surface area (Å²) in [6.45, 7) is 0. The topological polar surface area (TPSA) is 60.7 Å². The summed E-state index contributed by atoms with van der Waals surface area (Å²) < 4.78 is 22.0. The molecule has 0 aliphatic carbocycles. The average Bonchev–Trinajstić information content (AvgIpc) is 0.811. The van der Waals surface area contributed by atoms with E-state index in [1.165, 1.54) is 0 Å². The normalized spacial score (nSPS) is 7.20. The zero-order chi connectivity index (χ0) is 3.58. The van der Waals surface area contributed by atoms with Crippen LogP contribution in [0.4, 0.5) is 0 Å². The van der Waals surface area contributed by atoms with Crippen LogP contribution in [0.25, 0.3) is 0 Å². The van der Waals surface area contributed by atoms with E-state index < -0.39 is 21.5 Å². The van der Waals surface area contributed by atoms with Gasteiger partial charge in [0.1, 0.15) is 0 Å². The fraction of sp³-hybridized carbons (Fsp3) is 0. The summed E-state index contributed by atoms with van der Waals surface area (Å²) in [6, 6.07) is 0. The molecule has 0 aromatic carbocycles. The standard InChI is InChI=1S/In.3H2O.Sb/h;3*1H2;/q;;;;+3/p-3. The summed E-state index contributed by atoms with van der Waals surface area (Å²) in [7, 11) is 0. The molecule has 0 aromatic heterocycles. The molecule has 0 amide bonds. The van der Waals surface area contributed by atoms with Crippen molar-refractivity contribution in [2.45, 2.75) is 0 Å². The van der Waals surface area contributed by atoms with E-state index >= 15 is 0 Å². The van der Waals surface area contributed by atoms with Gasteiger partial charge in [-0.15, -0.1) is 0 Å². The van der Waals surface area contributed by atoms with Crippen molar-refractivity contribution in [1.82, 2.24) is 0 Å². The number of rotatable bonds is 0. The summed E-state index contributed by atoms with van der Waals surface area (Å²) >= 11 is -3.45. The maximum atomic E-state index is 7.35. The molecule has 0 aromatic rings. The van der Waals surface area contributed by atoms with Gasteiger partial charge in [0.2, 0.25) is 0 Å². The predicted molar refractivity (Wildman–Crippen MR) is 18.2 cm³/mol. The zero-order valence-corrected chi connectivity index (χ0v) is 8.21. The van der Waals surface area contributed by atoms with E-state index in [-0.39, 0.29) is 25.8 Å². The molecule has 3 N–H and O–H groups in total. The SMILES string of the molecule is [In].[OH][Sb]([OH])[OH]. The quantitative estimate of drug-likeness (QED) is 0.434. The van der Waals surface area contributed by atoms with Crippen LogP contribution in [0.15, 0.2) is 0 Å². The van der Waals surface area contributed by atoms with E-state index in [0.29, 0.717) is 0 Å². The van der Waals surface area contributed by atoms with E-state index in [1.807, 2.05) is 0 Å². The van der Waals surface area contributed by atoms with Gasteiger partial charge in [0.05, 0.1) is 0 Å². The Balaban J connectivity index is 0. The van der Waals surface area contributed by atoms with Gasteiger partial charge in [-0.2, -0.15) is 0 Å². The van der Waals surface area contributed by atoms with Crippen LogP contribution in [-0.4, -0.2) is 57.5 Å². The molecule has 5 heavy (non-hydrogen) atoms. The minimum atomic E-state index is -3.45. The van der Waals surface area contributed by atoms with Crippen LogP contribution in [0.5, 0.6) is 0 Å². The molecule has 0 aliphatic heterocycles. The number of hydrogen-bond acceptors (Lipinski definition) is 3. The van der Waals surface area contributed by atoms with Crippen molar-refractivity contribution in [3.8, 4) is 0 Å². The van der Waals surface area contributed by atoms with E-state index in [2.05, 4.69) is 0 Å². The Morgan fingerprint density at radius 1 is 1.00 bits per heavy atom. The van der Waals surface area contributed by atoms with Gasteiger partial charge in [-0.25, -0.2) is 0 Å². The van der Waals surface area contributed by atoms with Gasteiger partial charge >= 0.3 is 31.6 Å². The fourth-order valence-corrected chi connectivity index (χ4v) is 0. The second-order valence-electron chi connectivity index (χ2n) is 0.268. The van der Waals surface area contributed by atoms with Gasteiger partial charge < -0.3 is 0 Å². The van der Waals surface area contributed by atoms with Gasteiger partial charge in [0, 0.05) is 25.8 Å². The van der Waals surface area contributed by atoms with Crippen molar-refractivity contribution in [2.75, 3.05) is 0 Å². The zero-order valence-electron chi connectivity index (χ0n) is 2.37. The summed E-state index contributed by atoms with van der Waals surface area (Å²) in [6.07, 6.45) is 0. The first-order chi connectivity index (χ1) is 1.73. The first-order valence-corrected chi connectivity index (χ1v) is 4.02. The van der Waals surface area contributed by atoms with Gasteiger partial charge in [0.15, 0.2) is 0 Å². The van der Waals surface area contributed by atoms with Crippen molar-refractivity contribution < 1.29 is 10.2 Å². The Labute approximate surface area is 57.1 Å². The summed E-state index contributed by atoms with van der Waals surface area (Å²) in [5.74, 6) is 0. The molecule has 29 valence electrons. The van der Waals surface area contributed by atoms with Crippen molar-refractivity contribution in [3.63, 3.8) is 0 Å². The van der Waals surface area contributed by atoms with Crippen molar-refractivity contribution in [1.29, 1.82) is 0 Å². The second kappa shape index (κ2) is 5.57. The molecule has 5 heteroatoms. The maximum absolute atomic E-state index is 7.35. The molecule has 0 saturated carbocycles. The molecule has 0 aliphatic rings. The second-order valence-corrected chi connectivity index (χ2v) is 1.80. The Kier molecular flexibility index (Phi) is 10.9. The molecule has 0 heterocycles. The molecular formula is H3InO3Sb. The third-order valence-corrected chi connectivity index (χ3v) is 0. The molecule has 0 rings (SSSR count). The van der Waals surface area contributed by atoms with E-state index in [0.717, 1.165) is 0 Å². The molecule has 0 unspecified atom stereocenters.